The summed E-state index contributed by atoms with van der Waals surface area (Å²) in [6.45, 7) is 0. The average Bonchev–Trinajstić information content (AvgIpc) is 2.79. The van der Waals surface area contributed by atoms with Crippen LogP contribution < -0.4 is 10.1 Å². The molecule has 0 unspecified atom stereocenters. The summed E-state index contributed by atoms with van der Waals surface area (Å²) in [7, 11) is 1.58. The summed E-state index contributed by atoms with van der Waals surface area (Å²) in [5, 5.41) is 4.64. The van der Waals surface area contributed by atoms with Crippen molar-refractivity contribution in [2.24, 2.45) is 0 Å². The minimum absolute atomic E-state index is 0.160. The summed E-state index contributed by atoms with van der Waals surface area (Å²) in [5.74, 6) is 0.497. The molecule has 1 heterocycles. The number of anilines is 1. The van der Waals surface area contributed by atoms with Gasteiger partial charge in [0.05, 0.1) is 26.6 Å². The van der Waals surface area contributed by atoms with E-state index in [0.717, 1.165) is 12.7 Å². The monoisotopic (exact) mass is 467 g/mol. The Morgan fingerprint density at radius 1 is 1.21 bits per heavy atom. The fourth-order valence-electron chi connectivity index (χ4n) is 1.40. The van der Waals surface area contributed by atoms with Crippen LogP contribution in [0.3, 0.4) is 0 Å². The third-order valence-corrected chi connectivity index (χ3v) is 5.10. The van der Waals surface area contributed by atoms with E-state index in [1.165, 1.54) is 11.3 Å². The first-order chi connectivity index (χ1) is 9.01. The zero-order chi connectivity index (χ0) is 14.0. The molecule has 0 saturated heterocycles. The number of rotatable bonds is 3. The van der Waals surface area contributed by atoms with E-state index >= 15 is 0 Å². The van der Waals surface area contributed by atoms with Crippen molar-refractivity contribution in [3.05, 3.63) is 41.9 Å². The first-order valence-electron chi connectivity index (χ1n) is 5.09. The molecule has 1 amide bonds. The maximum absolute atomic E-state index is 12.1. The number of methoxy groups -OCH3 is 1. The highest BCUT2D eigenvalue weighted by Crippen LogP contribution is 2.35. The first-order valence-corrected chi connectivity index (χ1v) is 8.35. The van der Waals surface area contributed by atoms with Gasteiger partial charge in [-0.25, -0.2) is 0 Å². The Labute approximate surface area is 139 Å². The lowest BCUT2D eigenvalue weighted by atomic mass is 10.2. The zero-order valence-corrected chi connectivity index (χ0v) is 15.2. The molecule has 0 aliphatic rings. The molecular weight excluding hydrogens is 462 g/mol. The first kappa shape index (κ1) is 15.0. The van der Waals surface area contributed by atoms with Crippen molar-refractivity contribution in [3.63, 3.8) is 0 Å². The van der Waals surface area contributed by atoms with Gasteiger partial charge >= 0.3 is 0 Å². The van der Waals surface area contributed by atoms with Crippen LogP contribution in [0.2, 0.25) is 0 Å². The molecule has 1 N–H and O–H groups in total. The minimum atomic E-state index is -0.160. The minimum Gasteiger partial charge on any atom is -0.495 e. The van der Waals surface area contributed by atoms with Crippen LogP contribution in [0.25, 0.3) is 0 Å². The Morgan fingerprint density at radius 3 is 2.53 bits per heavy atom. The maximum Gasteiger partial charge on any atom is 0.256 e. The number of thiophene rings is 1. The number of nitrogens with one attached hydrogen (secondary N) is 1. The summed E-state index contributed by atoms with van der Waals surface area (Å²) in [6, 6.07) is 5.37. The number of halogens is 3. The average molecular weight is 470 g/mol. The highest BCUT2D eigenvalue weighted by Gasteiger charge is 2.12. The highest BCUT2D eigenvalue weighted by atomic mass is 79.9. The second-order valence-corrected chi connectivity index (χ2v) is 7.56. The van der Waals surface area contributed by atoms with Crippen LogP contribution in [0.5, 0.6) is 5.75 Å². The third kappa shape index (κ3) is 3.59. The summed E-state index contributed by atoms with van der Waals surface area (Å²) in [4.78, 5) is 12.1. The van der Waals surface area contributed by atoms with Gasteiger partial charge in [0.1, 0.15) is 5.75 Å². The van der Waals surface area contributed by atoms with E-state index in [4.69, 9.17) is 4.74 Å². The third-order valence-electron chi connectivity index (χ3n) is 2.32. The topological polar surface area (TPSA) is 38.3 Å². The van der Waals surface area contributed by atoms with Gasteiger partial charge in [-0.1, -0.05) is 0 Å². The van der Waals surface area contributed by atoms with Gasteiger partial charge in [-0.3, -0.25) is 4.79 Å². The van der Waals surface area contributed by atoms with E-state index in [9.17, 15) is 4.79 Å². The summed E-state index contributed by atoms with van der Waals surface area (Å²) in [5.41, 5.74) is 1.28. The second-order valence-electron chi connectivity index (χ2n) is 3.56. The molecule has 0 atom stereocenters. The Hall–Kier alpha value is -0.370. The van der Waals surface area contributed by atoms with Gasteiger partial charge in [0.25, 0.3) is 5.91 Å². The van der Waals surface area contributed by atoms with Crippen molar-refractivity contribution in [3.8, 4) is 5.75 Å². The molecule has 0 fully saturated rings. The highest BCUT2D eigenvalue weighted by molar-refractivity contribution is 9.11. The number of hydrogen-bond donors (Lipinski definition) is 1. The molecule has 100 valence electrons. The Bertz CT molecular complexity index is 627. The maximum atomic E-state index is 12.1. The number of amides is 1. The van der Waals surface area contributed by atoms with E-state index < -0.39 is 0 Å². The standard InChI is InChI=1S/C12H8Br3NO2S/c1-18-10-4-9(7(13)3-8(10)14)16-12(17)6-2-11(15)19-5-6/h2-5H,1H3,(H,16,17). The fraction of sp³-hybridized carbons (Fsp3) is 0.0833. The normalized spacial score (nSPS) is 10.3. The van der Waals surface area contributed by atoms with Crippen LogP contribution in [-0.4, -0.2) is 13.0 Å². The molecule has 0 bridgehead atoms. The molecular formula is C12H8Br3NO2S. The molecule has 3 nitrogen and oxygen atoms in total. The molecule has 1 aromatic heterocycles. The van der Waals surface area contributed by atoms with Gasteiger partial charge in [0.2, 0.25) is 0 Å². The van der Waals surface area contributed by atoms with Crippen LogP contribution in [0.1, 0.15) is 10.4 Å². The SMILES string of the molecule is COc1cc(NC(=O)c2csc(Br)c2)c(Br)cc1Br. The lowest BCUT2D eigenvalue weighted by Crippen LogP contribution is -2.11. The van der Waals surface area contributed by atoms with E-state index in [1.807, 2.05) is 6.07 Å². The van der Waals surface area contributed by atoms with Crippen molar-refractivity contribution in [2.75, 3.05) is 12.4 Å². The van der Waals surface area contributed by atoms with E-state index in [1.54, 1.807) is 24.6 Å². The number of carbonyl (C=O) groups is 1. The number of ether oxygens (including phenoxy) is 1. The van der Waals surface area contributed by atoms with Crippen molar-refractivity contribution in [1.29, 1.82) is 0 Å². The molecule has 2 rings (SSSR count). The second kappa shape index (κ2) is 6.39. The summed E-state index contributed by atoms with van der Waals surface area (Å²) >= 11 is 11.6. The van der Waals surface area contributed by atoms with E-state index in [2.05, 4.69) is 53.1 Å². The molecule has 0 spiro atoms. The van der Waals surface area contributed by atoms with Crippen LogP contribution >= 0.6 is 59.1 Å². The molecule has 7 heteroatoms. The number of carbonyl (C=O) groups excluding carboxylic acids is 1. The van der Waals surface area contributed by atoms with Crippen molar-refractivity contribution >= 4 is 70.7 Å². The van der Waals surface area contributed by atoms with E-state index in [0.29, 0.717) is 17.0 Å². The quantitative estimate of drug-likeness (QED) is 0.662. The summed E-state index contributed by atoms with van der Waals surface area (Å²) < 4.78 is 7.73. The number of hydrogen-bond acceptors (Lipinski definition) is 3. The van der Waals surface area contributed by atoms with Crippen LogP contribution in [0.15, 0.2) is 36.3 Å². The van der Waals surface area contributed by atoms with Crippen LogP contribution in [-0.2, 0) is 0 Å². The van der Waals surface area contributed by atoms with Gasteiger partial charge in [-0.05, 0) is 59.9 Å². The smallest absolute Gasteiger partial charge is 0.256 e. The lowest BCUT2D eigenvalue weighted by molar-refractivity contribution is 0.102. The molecule has 0 saturated carbocycles. The molecule has 0 aliphatic carbocycles. The zero-order valence-electron chi connectivity index (χ0n) is 9.67. The lowest BCUT2D eigenvalue weighted by Gasteiger charge is -2.10. The number of benzene rings is 1. The van der Waals surface area contributed by atoms with Gasteiger partial charge in [0.15, 0.2) is 0 Å². The van der Waals surface area contributed by atoms with Crippen molar-refractivity contribution in [1.82, 2.24) is 0 Å². The van der Waals surface area contributed by atoms with Crippen molar-refractivity contribution in [2.45, 2.75) is 0 Å². The molecule has 0 aliphatic heterocycles. The van der Waals surface area contributed by atoms with Crippen molar-refractivity contribution < 1.29 is 9.53 Å². The fourth-order valence-corrected chi connectivity index (χ4v) is 3.80. The van der Waals surface area contributed by atoms with Gasteiger partial charge < -0.3 is 10.1 Å². The van der Waals surface area contributed by atoms with Gasteiger partial charge in [-0.2, -0.15) is 0 Å². The molecule has 19 heavy (non-hydrogen) atoms. The Balaban J connectivity index is 2.26. The molecule has 0 radical (unpaired) electrons. The largest absolute Gasteiger partial charge is 0.495 e. The predicted molar refractivity (Wildman–Crippen MR) is 88.4 cm³/mol. The molecule has 1 aromatic carbocycles. The van der Waals surface area contributed by atoms with Gasteiger partial charge in [-0.15, -0.1) is 11.3 Å². The van der Waals surface area contributed by atoms with Crippen LogP contribution in [0, 0.1) is 0 Å². The van der Waals surface area contributed by atoms with Crippen LogP contribution in [0.4, 0.5) is 5.69 Å². The van der Waals surface area contributed by atoms with Gasteiger partial charge in [0, 0.05) is 15.9 Å². The van der Waals surface area contributed by atoms with E-state index in [-0.39, 0.29) is 5.91 Å². The Kier molecular flexibility index (Phi) is 5.05. The summed E-state index contributed by atoms with van der Waals surface area (Å²) in [6.07, 6.45) is 0. The predicted octanol–water partition coefficient (Wildman–Crippen LogP) is 5.30. The molecule has 2 aromatic rings. The Morgan fingerprint density at radius 2 is 1.95 bits per heavy atom.